The first-order chi connectivity index (χ1) is 6.61. The topological polar surface area (TPSA) is 49.3 Å². The number of hydrogen-bond donors (Lipinski definition) is 2. The zero-order valence-corrected chi connectivity index (χ0v) is 10.5. The van der Waals surface area contributed by atoms with E-state index in [1.165, 1.54) is 0 Å². The normalized spacial score (nSPS) is 14.9. The highest BCUT2D eigenvalue weighted by molar-refractivity contribution is 9.10. The van der Waals surface area contributed by atoms with Crippen LogP contribution in [-0.4, -0.2) is 29.0 Å². The largest absolute Gasteiger partial charge is 0.396 e. The number of halogens is 1. The van der Waals surface area contributed by atoms with Crippen LogP contribution in [-0.2, 0) is 4.79 Å². The number of amides is 1. The molecule has 1 amide bonds. The molecule has 0 fully saturated rings. The maximum Gasteiger partial charge on any atom is 0.233 e. The first kappa shape index (κ1) is 13.9. The van der Waals surface area contributed by atoms with Crippen LogP contribution in [0, 0.1) is 5.92 Å². The molecule has 0 aliphatic carbocycles. The molecule has 0 aromatic heterocycles. The third kappa shape index (κ3) is 6.38. The van der Waals surface area contributed by atoms with Crippen LogP contribution in [0.25, 0.3) is 0 Å². The molecule has 2 unspecified atom stereocenters. The molecule has 14 heavy (non-hydrogen) atoms. The van der Waals surface area contributed by atoms with Crippen LogP contribution in [0.4, 0.5) is 0 Å². The van der Waals surface area contributed by atoms with Gasteiger partial charge in [0.1, 0.15) is 0 Å². The van der Waals surface area contributed by atoms with Gasteiger partial charge in [0.2, 0.25) is 5.91 Å². The van der Waals surface area contributed by atoms with Gasteiger partial charge in [0, 0.05) is 13.2 Å². The highest BCUT2D eigenvalue weighted by Crippen LogP contribution is 2.05. The maximum absolute atomic E-state index is 11.3. The van der Waals surface area contributed by atoms with Crippen LogP contribution in [0.2, 0.25) is 0 Å². The highest BCUT2D eigenvalue weighted by atomic mass is 79.9. The van der Waals surface area contributed by atoms with Crippen LogP contribution in [0.3, 0.4) is 0 Å². The molecule has 84 valence electrons. The fraction of sp³-hybridized carbons (Fsp3) is 0.900. The van der Waals surface area contributed by atoms with E-state index in [4.69, 9.17) is 5.11 Å². The molecular weight excluding hydrogens is 246 g/mol. The van der Waals surface area contributed by atoms with Gasteiger partial charge in [0.15, 0.2) is 0 Å². The minimum atomic E-state index is -0.0715. The number of hydrogen-bond acceptors (Lipinski definition) is 2. The quantitative estimate of drug-likeness (QED) is 0.544. The molecule has 0 saturated heterocycles. The molecular formula is C10H20BrNO2. The number of nitrogens with one attached hydrogen (secondary N) is 1. The Bertz CT molecular complexity index is 164. The van der Waals surface area contributed by atoms with Crippen molar-refractivity contribution in [3.05, 3.63) is 0 Å². The van der Waals surface area contributed by atoms with Gasteiger partial charge in [-0.05, 0) is 25.2 Å². The highest BCUT2D eigenvalue weighted by Gasteiger charge is 2.10. The standard InChI is InChI=1S/C10H20BrNO2/c1-3-9(11)10(14)12-6-4-5-8(2)7-13/h8-9,13H,3-7H2,1-2H3,(H,12,14). The van der Waals surface area contributed by atoms with Crippen LogP contribution in [0.15, 0.2) is 0 Å². The van der Waals surface area contributed by atoms with Crippen molar-refractivity contribution < 1.29 is 9.90 Å². The molecule has 0 aliphatic rings. The molecule has 2 atom stereocenters. The molecule has 0 spiro atoms. The average molecular weight is 266 g/mol. The minimum absolute atomic E-state index is 0.0594. The molecule has 0 radical (unpaired) electrons. The van der Waals surface area contributed by atoms with Crippen molar-refractivity contribution in [3.63, 3.8) is 0 Å². The lowest BCUT2D eigenvalue weighted by atomic mass is 10.1. The molecule has 0 heterocycles. The van der Waals surface area contributed by atoms with Crippen molar-refractivity contribution in [2.75, 3.05) is 13.2 Å². The number of rotatable bonds is 7. The van der Waals surface area contributed by atoms with E-state index in [1.54, 1.807) is 0 Å². The fourth-order valence-electron chi connectivity index (χ4n) is 1.05. The number of carbonyl (C=O) groups excluding carboxylic acids is 1. The SMILES string of the molecule is CCC(Br)C(=O)NCCCC(C)CO. The van der Waals surface area contributed by atoms with E-state index >= 15 is 0 Å². The average Bonchev–Trinajstić information content (AvgIpc) is 2.22. The predicted molar refractivity (Wildman–Crippen MR) is 61.5 cm³/mol. The molecule has 0 bridgehead atoms. The Hall–Kier alpha value is -0.0900. The smallest absolute Gasteiger partial charge is 0.233 e. The summed E-state index contributed by atoms with van der Waals surface area (Å²) in [5, 5.41) is 11.6. The third-order valence-electron chi connectivity index (χ3n) is 2.13. The summed E-state index contributed by atoms with van der Waals surface area (Å²) < 4.78 is 0. The second-order valence-electron chi connectivity index (χ2n) is 3.60. The van der Waals surface area contributed by atoms with Gasteiger partial charge in [0.05, 0.1) is 4.83 Å². The zero-order valence-electron chi connectivity index (χ0n) is 8.92. The summed E-state index contributed by atoms with van der Waals surface area (Å²) in [6.07, 6.45) is 2.69. The lowest BCUT2D eigenvalue weighted by Gasteiger charge is -2.10. The Balaban J connectivity index is 3.40. The van der Waals surface area contributed by atoms with Crippen molar-refractivity contribution >= 4 is 21.8 Å². The van der Waals surface area contributed by atoms with E-state index < -0.39 is 0 Å². The number of carbonyl (C=O) groups is 1. The van der Waals surface area contributed by atoms with Crippen molar-refractivity contribution in [2.24, 2.45) is 5.92 Å². The summed E-state index contributed by atoms with van der Waals surface area (Å²) in [5.41, 5.74) is 0. The Morgan fingerprint density at radius 3 is 2.71 bits per heavy atom. The van der Waals surface area contributed by atoms with E-state index in [0.717, 1.165) is 19.3 Å². The van der Waals surface area contributed by atoms with Gasteiger partial charge in [-0.3, -0.25) is 4.79 Å². The monoisotopic (exact) mass is 265 g/mol. The first-order valence-electron chi connectivity index (χ1n) is 5.14. The number of alkyl halides is 1. The zero-order chi connectivity index (χ0) is 11.0. The molecule has 4 heteroatoms. The van der Waals surface area contributed by atoms with E-state index in [-0.39, 0.29) is 17.3 Å². The van der Waals surface area contributed by atoms with Crippen LogP contribution in [0.5, 0.6) is 0 Å². The Labute approximate surface area is 94.4 Å². The van der Waals surface area contributed by atoms with Crippen molar-refractivity contribution in [3.8, 4) is 0 Å². The molecule has 0 rings (SSSR count). The summed E-state index contributed by atoms with van der Waals surface area (Å²) >= 11 is 3.28. The summed E-state index contributed by atoms with van der Waals surface area (Å²) in [5.74, 6) is 0.391. The van der Waals surface area contributed by atoms with Crippen LogP contribution < -0.4 is 5.32 Å². The molecule has 2 N–H and O–H groups in total. The van der Waals surface area contributed by atoms with Gasteiger partial charge in [-0.25, -0.2) is 0 Å². The second kappa shape index (κ2) is 8.24. The predicted octanol–water partition coefficient (Wildman–Crippen LogP) is 1.68. The molecule has 0 saturated carbocycles. The third-order valence-corrected chi connectivity index (χ3v) is 3.19. The molecule has 0 aliphatic heterocycles. The van der Waals surface area contributed by atoms with E-state index in [1.807, 2.05) is 13.8 Å². The Morgan fingerprint density at radius 1 is 1.57 bits per heavy atom. The number of aliphatic hydroxyl groups excluding tert-OH is 1. The van der Waals surface area contributed by atoms with Crippen molar-refractivity contribution in [2.45, 2.75) is 37.9 Å². The van der Waals surface area contributed by atoms with Gasteiger partial charge in [-0.2, -0.15) is 0 Å². The minimum Gasteiger partial charge on any atom is -0.396 e. The van der Waals surface area contributed by atoms with Crippen LogP contribution in [0.1, 0.15) is 33.1 Å². The Kier molecular flexibility index (Phi) is 8.18. The fourth-order valence-corrected chi connectivity index (χ4v) is 1.21. The lowest BCUT2D eigenvalue weighted by Crippen LogP contribution is -2.31. The summed E-state index contributed by atoms with van der Waals surface area (Å²) in [6.45, 7) is 4.89. The first-order valence-corrected chi connectivity index (χ1v) is 6.06. The Morgan fingerprint density at radius 2 is 2.21 bits per heavy atom. The van der Waals surface area contributed by atoms with Gasteiger partial charge in [0.25, 0.3) is 0 Å². The second-order valence-corrected chi connectivity index (χ2v) is 4.70. The maximum atomic E-state index is 11.3. The van der Waals surface area contributed by atoms with Crippen molar-refractivity contribution in [1.82, 2.24) is 5.32 Å². The van der Waals surface area contributed by atoms with Gasteiger partial charge in [-0.15, -0.1) is 0 Å². The van der Waals surface area contributed by atoms with E-state index in [0.29, 0.717) is 12.5 Å². The summed E-state index contributed by atoms with van der Waals surface area (Å²) in [4.78, 5) is 11.2. The molecule has 0 aromatic rings. The van der Waals surface area contributed by atoms with Gasteiger partial charge >= 0.3 is 0 Å². The summed E-state index contributed by atoms with van der Waals surface area (Å²) in [6, 6.07) is 0. The van der Waals surface area contributed by atoms with Gasteiger partial charge in [-0.1, -0.05) is 29.8 Å². The van der Waals surface area contributed by atoms with E-state index in [2.05, 4.69) is 21.2 Å². The summed E-state index contributed by atoms with van der Waals surface area (Å²) in [7, 11) is 0. The molecule has 0 aromatic carbocycles. The van der Waals surface area contributed by atoms with Gasteiger partial charge < -0.3 is 10.4 Å². The lowest BCUT2D eigenvalue weighted by molar-refractivity contribution is -0.120. The van der Waals surface area contributed by atoms with Crippen molar-refractivity contribution in [1.29, 1.82) is 0 Å². The number of aliphatic hydroxyl groups is 1. The van der Waals surface area contributed by atoms with Crippen LogP contribution >= 0.6 is 15.9 Å². The molecule has 3 nitrogen and oxygen atoms in total. The van der Waals surface area contributed by atoms with E-state index in [9.17, 15) is 4.79 Å².